The molecule has 1 N–H and O–H groups in total. The molecule has 1 aliphatic rings. The van der Waals surface area contributed by atoms with Crippen LogP contribution in [0.3, 0.4) is 0 Å². The highest BCUT2D eigenvalue weighted by molar-refractivity contribution is 5.91. The Morgan fingerprint density at radius 3 is 2.55 bits per heavy atom. The van der Waals surface area contributed by atoms with Crippen LogP contribution >= 0.6 is 0 Å². The van der Waals surface area contributed by atoms with Gasteiger partial charge in [-0.1, -0.05) is 0 Å². The molecule has 0 unspecified atom stereocenters. The molecule has 0 saturated carbocycles. The third kappa shape index (κ3) is 3.64. The number of morpholine rings is 1. The molecule has 0 aliphatic carbocycles. The van der Waals surface area contributed by atoms with Crippen LogP contribution in [0.5, 0.6) is 5.75 Å². The Morgan fingerprint density at radius 2 is 1.90 bits per heavy atom. The van der Waals surface area contributed by atoms with Crippen LogP contribution in [-0.4, -0.2) is 50.2 Å². The molecule has 2 aromatic heterocycles. The van der Waals surface area contributed by atoms with Crippen molar-refractivity contribution in [1.29, 1.82) is 0 Å². The SMILES string of the molecule is Cn1nc(-c2cc(C(F)(F)F)c(F)c(O)c2F)c2cnc(N3CCOC(C)(C)C3)nc21. The number of hydrogen-bond donors (Lipinski definition) is 1. The summed E-state index contributed by atoms with van der Waals surface area (Å²) in [4.78, 5) is 10.6. The zero-order valence-corrected chi connectivity index (χ0v) is 16.8. The topological polar surface area (TPSA) is 76.3 Å². The zero-order valence-electron chi connectivity index (χ0n) is 16.8. The molecule has 0 spiro atoms. The van der Waals surface area contributed by atoms with E-state index in [2.05, 4.69) is 15.1 Å². The van der Waals surface area contributed by atoms with Crippen molar-refractivity contribution in [3.05, 3.63) is 29.5 Å². The molecular weight excluding hydrogens is 425 g/mol. The highest BCUT2D eigenvalue weighted by atomic mass is 19.4. The van der Waals surface area contributed by atoms with E-state index in [0.717, 1.165) is 0 Å². The van der Waals surface area contributed by atoms with Gasteiger partial charge in [0.15, 0.2) is 23.0 Å². The molecule has 0 atom stereocenters. The highest BCUT2D eigenvalue weighted by Gasteiger charge is 2.38. The van der Waals surface area contributed by atoms with Crippen molar-refractivity contribution in [3.63, 3.8) is 0 Å². The number of hydrogen-bond acceptors (Lipinski definition) is 6. The second-order valence-corrected chi connectivity index (χ2v) is 7.86. The first-order valence-corrected chi connectivity index (χ1v) is 9.26. The predicted molar refractivity (Wildman–Crippen MR) is 101 cm³/mol. The number of phenolic OH excluding ortho intramolecular Hbond substituents is 1. The molecule has 0 radical (unpaired) electrons. The molecule has 12 heteroatoms. The van der Waals surface area contributed by atoms with Gasteiger partial charge in [-0.15, -0.1) is 0 Å². The Morgan fingerprint density at radius 1 is 1.19 bits per heavy atom. The number of nitrogens with zero attached hydrogens (tertiary/aromatic N) is 5. The molecule has 1 fully saturated rings. The summed E-state index contributed by atoms with van der Waals surface area (Å²) < 4.78 is 74.7. The van der Waals surface area contributed by atoms with Crippen LogP contribution < -0.4 is 4.90 Å². The Labute approximate surface area is 173 Å². The van der Waals surface area contributed by atoms with Gasteiger partial charge in [0, 0.05) is 31.9 Å². The summed E-state index contributed by atoms with van der Waals surface area (Å²) in [6.45, 7) is 5.35. The van der Waals surface area contributed by atoms with Crippen molar-refractivity contribution in [1.82, 2.24) is 19.7 Å². The number of halogens is 5. The molecule has 0 amide bonds. The van der Waals surface area contributed by atoms with Gasteiger partial charge in [0.2, 0.25) is 5.95 Å². The lowest BCUT2D eigenvalue weighted by Gasteiger charge is -2.38. The fourth-order valence-electron chi connectivity index (χ4n) is 3.57. The summed E-state index contributed by atoms with van der Waals surface area (Å²) in [6, 6.07) is 0.282. The van der Waals surface area contributed by atoms with Gasteiger partial charge < -0.3 is 14.7 Å². The van der Waals surface area contributed by atoms with Crippen molar-refractivity contribution >= 4 is 17.0 Å². The molecule has 4 rings (SSSR count). The summed E-state index contributed by atoms with van der Waals surface area (Å²) in [7, 11) is 1.48. The molecule has 7 nitrogen and oxygen atoms in total. The molecule has 1 saturated heterocycles. The van der Waals surface area contributed by atoms with Crippen LogP contribution in [0.1, 0.15) is 19.4 Å². The third-order valence-corrected chi connectivity index (χ3v) is 5.01. The van der Waals surface area contributed by atoms with Gasteiger partial charge in [0.25, 0.3) is 0 Å². The van der Waals surface area contributed by atoms with Crippen molar-refractivity contribution in [2.45, 2.75) is 25.6 Å². The number of anilines is 1. The normalized spacial score (nSPS) is 16.8. The Bertz CT molecular complexity index is 1170. The molecule has 3 aromatic rings. The largest absolute Gasteiger partial charge is 0.503 e. The number of aromatic nitrogens is 4. The van der Waals surface area contributed by atoms with Crippen molar-refractivity contribution in [3.8, 4) is 17.0 Å². The number of aryl methyl sites for hydroxylation is 1. The number of aromatic hydroxyl groups is 1. The maximum absolute atomic E-state index is 14.5. The minimum atomic E-state index is -5.14. The van der Waals surface area contributed by atoms with Crippen LogP contribution in [0.4, 0.5) is 27.9 Å². The average Bonchev–Trinajstić information content (AvgIpc) is 3.00. The predicted octanol–water partition coefficient (Wildman–Crippen LogP) is 3.65. The van der Waals surface area contributed by atoms with Crippen LogP contribution in [-0.2, 0) is 18.0 Å². The first-order valence-electron chi connectivity index (χ1n) is 9.26. The molecule has 0 bridgehead atoms. The molecule has 1 aliphatic heterocycles. The van der Waals surface area contributed by atoms with Gasteiger partial charge in [-0.25, -0.2) is 18.4 Å². The summed E-state index contributed by atoms with van der Waals surface area (Å²) in [5.74, 6) is -5.00. The maximum atomic E-state index is 14.5. The summed E-state index contributed by atoms with van der Waals surface area (Å²) in [6.07, 6.45) is -3.82. The standard InChI is InChI=1S/C19H18F5N5O2/c1-18(2)8-29(4-5-31-18)17-25-7-10-14(27-28(3)16(10)26-17)9-6-11(19(22,23)24)13(21)15(30)12(9)20/h6-7,30H,4-5,8H2,1-3H3. The number of ether oxygens (including phenoxy) is 1. The zero-order chi connectivity index (χ0) is 22.7. The lowest BCUT2D eigenvalue weighted by Crippen LogP contribution is -2.49. The number of phenols is 1. The Hall–Kier alpha value is -3.02. The minimum absolute atomic E-state index is 0.150. The lowest BCUT2D eigenvalue weighted by atomic mass is 10.0. The van der Waals surface area contributed by atoms with Gasteiger partial charge in [-0.05, 0) is 19.9 Å². The van der Waals surface area contributed by atoms with E-state index in [0.29, 0.717) is 25.6 Å². The van der Waals surface area contributed by atoms with Gasteiger partial charge >= 0.3 is 6.18 Å². The van der Waals surface area contributed by atoms with E-state index in [1.807, 2.05) is 18.7 Å². The second kappa shape index (κ2) is 7.01. The van der Waals surface area contributed by atoms with Gasteiger partial charge in [0.1, 0.15) is 5.69 Å². The van der Waals surface area contributed by atoms with E-state index in [9.17, 15) is 27.1 Å². The Kier molecular flexibility index (Phi) is 4.80. The summed E-state index contributed by atoms with van der Waals surface area (Å²) in [5, 5.41) is 13.8. The fourth-order valence-corrected chi connectivity index (χ4v) is 3.57. The van der Waals surface area contributed by atoms with Crippen LogP contribution in [0.15, 0.2) is 12.3 Å². The lowest BCUT2D eigenvalue weighted by molar-refractivity contribution is -0.140. The van der Waals surface area contributed by atoms with Crippen molar-refractivity contribution in [2.24, 2.45) is 7.05 Å². The molecular formula is C19H18F5N5O2. The third-order valence-electron chi connectivity index (χ3n) is 5.01. The van der Waals surface area contributed by atoms with Crippen LogP contribution in [0.2, 0.25) is 0 Å². The first kappa shape index (κ1) is 21.2. The Balaban J connectivity index is 1.85. The average molecular weight is 443 g/mol. The number of benzene rings is 1. The molecule has 166 valence electrons. The number of rotatable bonds is 2. The van der Waals surface area contributed by atoms with Crippen molar-refractivity contribution in [2.75, 3.05) is 24.6 Å². The highest BCUT2D eigenvalue weighted by Crippen LogP contribution is 2.41. The van der Waals surface area contributed by atoms with E-state index < -0.39 is 40.3 Å². The van der Waals surface area contributed by atoms with Gasteiger partial charge in [-0.2, -0.15) is 23.3 Å². The second-order valence-electron chi connectivity index (χ2n) is 7.86. The quantitative estimate of drug-likeness (QED) is 0.610. The monoisotopic (exact) mass is 443 g/mol. The molecule has 3 heterocycles. The van der Waals surface area contributed by atoms with Gasteiger partial charge in [0.05, 0.1) is 23.2 Å². The maximum Gasteiger partial charge on any atom is 0.419 e. The number of fused-ring (bicyclic) bond motifs is 1. The van der Waals surface area contributed by atoms with E-state index in [1.54, 1.807) is 0 Å². The van der Waals surface area contributed by atoms with E-state index in [1.165, 1.54) is 17.9 Å². The minimum Gasteiger partial charge on any atom is -0.503 e. The molecule has 31 heavy (non-hydrogen) atoms. The summed E-state index contributed by atoms with van der Waals surface area (Å²) >= 11 is 0. The van der Waals surface area contributed by atoms with Gasteiger partial charge in [-0.3, -0.25) is 0 Å². The first-order chi connectivity index (χ1) is 14.4. The van der Waals surface area contributed by atoms with E-state index >= 15 is 0 Å². The van der Waals surface area contributed by atoms with E-state index in [4.69, 9.17) is 4.74 Å². The van der Waals surface area contributed by atoms with Crippen LogP contribution in [0.25, 0.3) is 22.3 Å². The van der Waals surface area contributed by atoms with E-state index in [-0.39, 0.29) is 22.8 Å². The van der Waals surface area contributed by atoms with Crippen LogP contribution in [0, 0.1) is 11.6 Å². The fraction of sp³-hybridized carbons (Fsp3) is 0.421. The smallest absolute Gasteiger partial charge is 0.419 e. The molecule has 1 aromatic carbocycles. The van der Waals surface area contributed by atoms with Crippen molar-refractivity contribution < 1.29 is 31.8 Å². The summed E-state index contributed by atoms with van der Waals surface area (Å²) in [5.41, 5.74) is -2.93. The number of alkyl halides is 3.